The highest BCUT2D eigenvalue weighted by molar-refractivity contribution is 6.31. The second-order valence-corrected chi connectivity index (χ2v) is 6.04. The number of aliphatic hydroxyl groups is 1. The molecule has 6 nitrogen and oxygen atoms in total. The molecule has 0 saturated heterocycles. The Morgan fingerprint density at radius 3 is 2.50 bits per heavy atom. The summed E-state index contributed by atoms with van der Waals surface area (Å²) in [5.41, 5.74) is 0.945. The van der Waals surface area contributed by atoms with Crippen molar-refractivity contribution in [3.05, 3.63) is 70.8 Å². The summed E-state index contributed by atoms with van der Waals surface area (Å²) in [7, 11) is 1.62. The molecule has 0 fully saturated rings. The molecule has 0 atom stereocenters. The summed E-state index contributed by atoms with van der Waals surface area (Å²) in [5, 5.41) is 14.5. The Balaban J connectivity index is 1.72. The maximum atomic E-state index is 9.28. The molecule has 0 aliphatic rings. The summed E-state index contributed by atoms with van der Waals surface area (Å²) >= 11 is 6.23. The van der Waals surface area contributed by atoms with Gasteiger partial charge in [-0.25, -0.2) is 9.67 Å². The van der Waals surface area contributed by atoms with E-state index in [0.717, 1.165) is 11.3 Å². The van der Waals surface area contributed by atoms with E-state index >= 15 is 0 Å². The number of ether oxygens (including phenoxy) is 2. The molecule has 0 bridgehead atoms. The van der Waals surface area contributed by atoms with E-state index in [1.165, 1.54) is 0 Å². The molecule has 1 heterocycles. The van der Waals surface area contributed by atoms with E-state index in [4.69, 9.17) is 21.1 Å². The topological polar surface area (TPSA) is 69.4 Å². The minimum Gasteiger partial charge on any atom is -0.497 e. The number of benzene rings is 2. The first-order valence-electron chi connectivity index (χ1n) is 8.23. The molecule has 3 rings (SSSR count). The first-order chi connectivity index (χ1) is 12.7. The highest BCUT2D eigenvalue weighted by Gasteiger charge is 2.12. The molecular weight excluding hydrogens is 354 g/mol. The van der Waals surface area contributed by atoms with Crippen molar-refractivity contribution in [3.8, 4) is 11.5 Å². The third kappa shape index (κ3) is 4.53. The van der Waals surface area contributed by atoms with Crippen molar-refractivity contribution in [3.63, 3.8) is 0 Å². The number of hydrogen-bond acceptors (Lipinski definition) is 5. The quantitative estimate of drug-likeness (QED) is 0.657. The van der Waals surface area contributed by atoms with Gasteiger partial charge >= 0.3 is 0 Å². The highest BCUT2D eigenvalue weighted by Crippen LogP contribution is 2.19. The molecule has 0 aliphatic carbocycles. The monoisotopic (exact) mass is 373 g/mol. The average Bonchev–Trinajstić information content (AvgIpc) is 3.04. The highest BCUT2D eigenvalue weighted by atomic mass is 35.5. The number of aliphatic hydroxyl groups excluding tert-OH is 1. The first kappa shape index (κ1) is 18.2. The predicted octanol–water partition coefficient (Wildman–Crippen LogP) is 3.10. The number of hydrogen-bond donors (Lipinski definition) is 1. The summed E-state index contributed by atoms with van der Waals surface area (Å²) in [4.78, 5) is 4.47. The summed E-state index contributed by atoms with van der Waals surface area (Å²) in [6.45, 7) is 0.727. The molecule has 0 radical (unpaired) electrons. The minimum absolute atomic E-state index is 0.00000776. The summed E-state index contributed by atoms with van der Waals surface area (Å²) < 4.78 is 12.6. The van der Waals surface area contributed by atoms with Gasteiger partial charge in [0, 0.05) is 11.4 Å². The zero-order valence-electron chi connectivity index (χ0n) is 14.4. The maximum Gasteiger partial charge on any atom is 0.188 e. The Hall–Kier alpha value is -2.57. The Morgan fingerprint density at radius 1 is 1.08 bits per heavy atom. The second-order valence-electron chi connectivity index (χ2n) is 5.63. The van der Waals surface area contributed by atoms with Crippen LogP contribution in [0.25, 0.3) is 0 Å². The SMILES string of the molecule is COc1ccc(OCc2nc(CCO)n(Cc3ccccc3Cl)n2)cc1. The molecule has 3 aromatic rings. The number of rotatable bonds is 8. The average molecular weight is 374 g/mol. The molecule has 1 aromatic heterocycles. The van der Waals surface area contributed by atoms with Gasteiger partial charge in [-0.05, 0) is 35.9 Å². The van der Waals surface area contributed by atoms with Crippen molar-refractivity contribution in [2.45, 2.75) is 19.6 Å². The van der Waals surface area contributed by atoms with Crippen LogP contribution in [0.5, 0.6) is 11.5 Å². The van der Waals surface area contributed by atoms with E-state index in [0.29, 0.717) is 35.4 Å². The van der Waals surface area contributed by atoms with Crippen molar-refractivity contribution in [1.82, 2.24) is 14.8 Å². The predicted molar refractivity (Wildman–Crippen MR) is 98.7 cm³/mol. The van der Waals surface area contributed by atoms with Crippen LogP contribution in [0.2, 0.25) is 5.02 Å². The van der Waals surface area contributed by atoms with Crippen LogP contribution in [0.15, 0.2) is 48.5 Å². The van der Waals surface area contributed by atoms with Crippen molar-refractivity contribution >= 4 is 11.6 Å². The summed E-state index contributed by atoms with van der Waals surface area (Å²) in [5.74, 6) is 2.72. The molecule has 0 saturated carbocycles. The van der Waals surface area contributed by atoms with Gasteiger partial charge < -0.3 is 14.6 Å². The van der Waals surface area contributed by atoms with Gasteiger partial charge in [-0.2, -0.15) is 5.10 Å². The molecule has 0 unspecified atom stereocenters. The van der Waals surface area contributed by atoms with Gasteiger partial charge in [0.25, 0.3) is 0 Å². The lowest BCUT2D eigenvalue weighted by Gasteiger charge is -2.06. The van der Waals surface area contributed by atoms with Gasteiger partial charge in [-0.15, -0.1) is 0 Å². The van der Waals surface area contributed by atoms with Crippen LogP contribution < -0.4 is 9.47 Å². The molecule has 136 valence electrons. The molecule has 2 aromatic carbocycles. The molecule has 1 N–H and O–H groups in total. The van der Waals surface area contributed by atoms with Crippen LogP contribution in [0.4, 0.5) is 0 Å². The standard InChI is InChI=1S/C19H20ClN3O3/c1-25-15-6-8-16(9-7-15)26-13-18-21-19(10-11-24)23(22-18)12-14-4-2-3-5-17(14)20/h2-9,24H,10-13H2,1H3. The second kappa shape index (κ2) is 8.69. The lowest BCUT2D eigenvalue weighted by molar-refractivity contribution is 0.292. The fourth-order valence-corrected chi connectivity index (χ4v) is 2.70. The minimum atomic E-state index is -0.00000776. The molecule has 0 aliphatic heterocycles. The van der Waals surface area contributed by atoms with Gasteiger partial charge in [-0.3, -0.25) is 0 Å². The van der Waals surface area contributed by atoms with Crippen molar-refractivity contribution in [2.24, 2.45) is 0 Å². The van der Waals surface area contributed by atoms with Gasteiger partial charge in [0.2, 0.25) is 0 Å². The lowest BCUT2D eigenvalue weighted by atomic mass is 10.2. The van der Waals surface area contributed by atoms with Crippen molar-refractivity contribution < 1.29 is 14.6 Å². The van der Waals surface area contributed by atoms with E-state index in [1.54, 1.807) is 11.8 Å². The third-order valence-corrected chi connectivity index (χ3v) is 4.20. The van der Waals surface area contributed by atoms with E-state index < -0.39 is 0 Å². The van der Waals surface area contributed by atoms with Gasteiger partial charge in [0.15, 0.2) is 5.82 Å². The van der Waals surface area contributed by atoms with Crippen LogP contribution in [0.1, 0.15) is 17.2 Å². The summed E-state index contributed by atoms with van der Waals surface area (Å²) in [6, 6.07) is 14.9. The number of methoxy groups -OCH3 is 1. The lowest BCUT2D eigenvalue weighted by Crippen LogP contribution is -2.09. The normalized spacial score (nSPS) is 10.7. The van der Waals surface area contributed by atoms with Crippen molar-refractivity contribution in [1.29, 1.82) is 0 Å². The number of halogens is 1. The van der Waals surface area contributed by atoms with Crippen LogP contribution >= 0.6 is 11.6 Å². The van der Waals surface area contributed by atoms with E-state index in [9.17, 15) is 5.11 Å². The van der Waals surface area contributed by atoms with Crippen LogP contribution in [-0.2, 0) is 19.6 Å². The van der Waals surface area contributed by atoms with Crippen molar-refractivity contribution in [2.75, 3.05) is 13.7 Å². The molecule has 7 heteroatoms. The fraction of sp³-hybridized carbons (Fsp3) is 0.263. The number of nitrogens with zero attached hydrogens (tertiary/aromatic N) is 3. The van der Waals surface area contributed by atoms with Crippen LogP contribution in [-0.4, -0.2) is 33.6 Å². The Kier molecular flexibility index (Phi) is 6.09. The molecular formula is C19H20ClN3O3. The first-order valence-corrected chi connectivity index (χ1v) is 8.61. The Morgan fingerprint density at radius 2 is 1.81 bits per heavy atom. The van der Waals surface area contributed by atoms with Gasteiger partial charge in [-0.1, -0.05) is 29.8 Å². The molecule has 0 amide bonds. The van der Waals surface area contributed by atoms with E-state index in [1.807, 2.05) is 48.5 Å². The van der Waals surface area contributed by atoms with Crippen LogP contribution in [0.3, 0.4) is 0 Å². The fourth-order valence-electron chi connectivity index (χ4n) is 2.51. The summed E-state index contributed by atoms with van der Waals surface area (Å²) in [6.07, 6.45) is 0.417. The zero-order chi connectivity index (χ0) is 18.4. The third-order valence-electron chi connectivity index (χ3n) is 3.83. The van der Waals surface area contributed by atoms with E-state index in [-0.39, 0.29) is 13.2 Å². The number of aromatic nitrogens is 3. The smallest absolute Gasteiger partial charge is 0.188 e. The largest absolute Gasteiger partial charge is 0.497 e. The maximum absolute atomic E-state index is 9.28. The zero-order valence-corrected chi connectivity index (χ0v) is 15.2. The Labute approximate surface area is 157 Å². The molecule has 26 heavy (non-hydrogen) atoms. The van der Waals surface area contributed by atoms with Gasteiger partial charge in [0.05, 0.1) is 20.3 Å². The van der Waals surface area contributed by atoms with Gasteiger partial charge in [0.1, 0.15) is 23.9 Å². The van der Waals surface area contributed by atoms with E-state index in [2.05, 4.69) is 10.1 Å². The molecule has 0 spiro atoms. The Bertz CT molecular complexity index is 849. The van der Waals surface area contributed by atoms with Crippen LogP contribution in [0, 0.1) is 0 Å².